The highest BCUT2D eigenvalue weighted by Gasteiger charge is 2.31. The van der Waals surface area contributed by atoms with E-state index >= 15 is 0 Å². The first kappa shape index (κ1) is 15.1. The molecular formula is C12H20N2O5S. The molecule has 0 spiro atoms. The maximum Gasteiger partial charge on any atom is 0.320 e. The molecule has 0 bridgehead atoms. The van der Waals surface area contributed by atoms with Crippen molar-refractivity contribution in [2.45, 2.75) is 19.3 Å². The number of nitrogens with zero attached hydrogens (tertiary/aromatic N) is 2. The molecule has 0 saturated carbocycles. The first-order chi connectivity index (χ1) is 9.37. The molecule has 0 radical (unpaired) electrons. The molecule has 1 N–H and O–H groups in total. The summed E-state index contributed by atoms with van der Waals surface area (Å²) in [5.41, 5.74) is 0. The third kappa shape index (κ3) is 3.84. The highest BCUT2D eigenvalue weighted by molar-refractivity contribution is 7.91. The standard InChI is InChI=1S/C12H20N2O5S/c15-11(16)8-10-2-4-14(9-10)12(17)13-3-1-6-20(18,19)7-5-13/h10H,1-9H2,(H,15,16). The van der Waals surface area contributed by atoms with E-state index in [1.165, 1.54) is 0 Å². The Morgan fingerprint density at radius 3 is 2.55 bits per heavy atom. The van der Waals surface area contributed by atoms with Crippen molar-refractivity contribution in [3.05, 3.63) is 0 Å². The number of urea groups is 1. The van der Waals surface area contributed by atoms with Crippen LogP contribution in [0.2, 0.25) is 0 Å². The lowest BCUT2D eigenvalue weighted by molar-refractivity contribution is -0.138. The van der Waals surface area contributed by atoms with Crippen LogP contribution in [-0.4, -0.2) is 73.0 Å². The van der Waals surface area contributed by atoms with Gasteiger partial charge in [-0.3, -0.25) is 4.79 Å². The number of carbonyl (C=O) groups excluding carboxylic acids is 1. The van der Waals surface area contributed by atoms with Gasteiger partial charge in [-0.2, -0.15) is 0 Å². The van der Waals surface area contributed by atoms with E-state index in [0.29, 0.717) is 32.5 Å². The summed E-state index contributed by atoms with van der Waals surface area (Å²) in [5, 5.41) is 8.76. The maximum atomic E-state index is 12.3. The van der Waals surface area contributed by atoms with Crippen LogP contribution in [0.15, 0.2) is 0 Å². The lowest BCUT2D eigenvalue weighted by atomic mass is 10.1. The van der Waals surface area contributed by atoms with Crippen LogP contribution >= 0.6 is 0 Å². The molecule has 2 aliphatic rings. The molecule has 0 aromatic heterocycles. The molecule has 2 fully saturated rings. The average Bonchev–Trinajstić information content (AvgIpc) is 2.72. The highest BCUT2D eigenvalue weighted by atomic mass is 32.2. The fourth-order valence-corrected chi connectivity index (χ4v) is 4.02. The molecule has 2 amide bonds. The van der Waals surface area contributed by atoms with Crippen LogP contribution in [0, 0.1) is 5.92 Å². The second-order valence-electron chi connectivity index (χ2n) is 5.47. The summed E-state index contributed by atoms with van der Waals surface area (Å²) in [7, 11) is -3.03. The number of rotatable bonds is 2. The molecule has 0 aliphatic carbocycles. The SMILES string of the molecule is O=C(O)CC1CCN(C(=O)N2CCCS(=O)(=O)CC2)C1. The van der Waals surface area contributed by atoms with Gasteiger partial charge in [-0.05, 0) is 18.8 Å². The Morgan fingerprint density at radius 1 is 1.10 bits per heavy atom. The molecule has 7 nitrogen and oxygen atoms in total. The van der Waals surface area contributed by atoms with Gasteiger partial charge in [0.2, 0.25) is 0 Å². The summed E-state index contributed by atoms with van der Waals surface area (Å²) in [6.45, 7) is 1.70. The lowest BCUT2D eigenvalue weighted by Gasteiger charge is -2.26. The molecule has 1 unspecified atom stereocenters. The molecule has 0 aromatic carbocycles. The van der Waals surface area contributed by atoms with Crippen LogP contribution in [0.25, 0.3) is 0 Å². The molecule has 20 heavy (non-hydrogen) atoms. The Hall–Kier alpha value is -1.31. The number of hydrogen-bond donors (Lipinski definition) is 1. The summed E-state index contributed by atoms with van der Waals surface area (Å²) < 4.78 is 23.0. The van der Waals surface area contributed by atoms with Crippen LogP contribution < -0.4 is 0 Å². The molecule has 1 atom stereocenters. The van der Waals surface area contributed by atoms with Crippen LogP contribution in [-0.2, 0) is 14.6 Å². The molecule has 2 rings (SSSR count). The largest absolute Gasteiger partial charge is 0.481 e. The summed E-state index contributed by atoms with van der Waals surface area (Å²) in [5.74, 6) is -0.680. The van der Waals surface area contributed by atoms with E-state index in [-0.39, 0.29) is 36.4 Å². The number of aliphatic carboxylic acids is 1. The Labute approximate surface area is 118 Å². The van der Waals surface area contributed by atoms with Crippen molar-refractivity contribution >= 4 is 21.8 Å². The molecule has 114 valence electrons. The topological polar surface area (TPSA) is 95.0 Å². The predicted molar refractivity (Wildman–Crippen MR) is 72.2 cm³/mol. The van der Waals surface area contributed by atoms with E-state index < -0.39 is 15.8 Å². The zero-order valence-corrected chi connectivity index (χ0v) is 12.1. The minimum Gasteiger partial charge on any atom is -0.481 e. The molecular weight excluding hydrogens is 284 g/mol. The number of likely N-dealkylation sites (tertiary alicyclic amines) is 1. The zero-order chi connectivity index (χ0) is 14.8. The van der Waals surface area contributed by atoms with E-state index in [4.69, 9.17) is 5.11 Å². The van der Waals surface area contributed by atoms with Crippen LogP contribution in [0.1, 0.15) is 19.3 Å². The number of carbonyl (C=O) groups is 2. The molecule has 2 saturated heterocycles. The first-order valence-corrected chi connectivity index (χ1v) is 8.65. The lowest BCUT2D eigenvalue weighted by Crippen LogP contribution is -2.43. The molecule has 0 aromatic rings. The normalized spacial score (nSPS) is 26.3. The van der Waals surface area contributed by atoms with E-state index in [0.717, 1.165) is 0 Å². The van der Waals surface area contributed by atoms with Crippen molar-refractivity contribution in [2.24, 2.45) is 5.92 Å². The van der Waals surface area contributed by atoms with Gasteiger partial charge in [-0.25, -0.2) is 13.2 Å². The third-order valence-corrected chi connectivity index (χ3v) is 5.56. The Morgan fingerprint density at radius 2 is 1.85 bits per heavy atom. The van der Waals surface area contributed by atoms with Gasteiger partial charge in [0.05, 0.1) is 11.5 Å². The van der Waals surface area contributed by atoms with E-state index in [1.54, 1.807) is 9.80 Å². The quantitative estimate of drug-likeness (QED) is 0.776. The van der Waals surface area contributed by atoms with Crippen molar-refractivity contribution in [3.8, 4) is 0 Å². The summed E-state index contributed by atoms with van der Waals surface area (Å²) >= 11 is 0. The molecule has 2 aliphatic heterocycles. The van der Waals surface area contributed by atoms with Gasteiger partial charge in [0, 0.05) is 32.6 Å². The van der Waals surface area contributed by atoms with Crippen molar-refractivity contribution in [1.82, 2.24) is 9.80 Å². The van der Waals surface area contributed by atoms with Crippen LogP contribution in [0.5, 0.6) is 0 Å². The third-order valence-electron chi connectivity index (χ3n) is 3.85. The van der Waals surface area contributed by atoms with Gasteiger partial charge < -0.3 is 14.9 Å². The second-order valence-corrected chi connectivity index (χ2v) is 7.78. The van der Waals surface area contributed by atoms with E-state index in [9.17, 15) is 18.0 Å². The van der Waals surface area contributed by atoms with Gasteiger partial charge >= 0.3 is 12.0 Å². The van der Waals surface area contributed by atoms with Gasteiger partial charge in [-0.15, -0.1) is 0 Å². The average molecular weight is 304 g/mol. The van der Waals surface area contributed by atoms with Crippen LogP contribution in [0.3, 0.4) is 0 Å². The summed E-state index contributed by atoms with van der Waals surface area (Å²) in [4.78, 5) is 26.2. The predicted octanol–water partition coefficient (Wildman–Crippen LogP) is 0.0235. The number of hydrogen-bond acceptors (Lipinski definition) is 4. The number of carboxylic acids is 1. The van der Waals surface area contributed by atoms with Crippen molar-refractivity contribution < 1.29 is 23.1 Å². The Kier molecular flexibility index (Phi) is 4.52. The molecule has 2 heterocycles. The number of carboxylic acid groups (broad SMARTS) is 1. The molecule has 8 heteroatoms. The summed E-state index contributed by atoms with van der Waals surface area (Å²) in [6, 6.07) is -0.157. The Balaban J connectivity index is 1.90. The van der Waals surface area contributed by atoms with E-state index in [1.807, 2.05) is 0 Å². The maximum absolute atomic E-state index is 12.3. The fraction of sp³-hybridized carbons (Fsp3) is 0.833. The smallest absolute Gasteiger partial charge is 0.320 e. The van der Waals surface area contributed by atoms with Gasteiger partial charge in [0.15, 0.2) is 9.84 Å². The van der Waals surface area contributed by atoms with Crippen molar-refractivity contribution in [3.63, 3.8) is 0 Å². The second kappa shape index (κ2) is 5.99. The number of amides is 2. The zero-order valence-electron chi connectivity index (χ0n) is 11.3. The fourth-order valence-electron chi connectivity index (χ4n) is 2.75. The van der Waals surface area contributed by atoms with Crippen LogP contribution in [0.4, 0.5) is 4.79 Å². The minimum atomic E-state index is -3.03. The Bertz CT molecular complexity index is 490. The summed E-state index contributed by atoms with van der Waals surface area (Å²) in [6.07, 6.45) is 1.25. The highest BCUT2D eigenvalue weighted by Crippen LogP contribution is 2.21. The minimum absolute atomic E-state index is 0.00663. The number of sulfone groups is 1. The first-order valence-electron chi connectivity index (χ1n) is 6.83. The van der Waals surface area contributed by atoms with Gasteiger partial charge in [0.25, 0.3) is 0 Å². The van der Waals surface area contributed by atoms with Crippen molar-refractivity contribution in [2.75, 3.05) is 37.7 Å². The van der Waals surface area contributed by atoms with Gasteiger partial charge in [0.1, 0.15) is 0 Å². The van der Waals surface area contributed by atoms with Crippen molar-refractivity contribution in [1.29, 1.82) is 0 Å². The van der Waals surface area contributed by atoms with Gasteiger partial charge in [-0.1, -0.05) is 0 Å². The monoisotopic (exact) mass is 304 g/mol. The van der Waals surface area contributed by atoms with E-state index in [2.05, 4.69) is 0 Å².